The number of carboxylic acids is 1. The van der Waals surface area contributed by atoms with Gasteiger partial charge in [-0.2, -0.15) is 0 Å². The van der Waals surface area contributed by atoms with Crippen LogP contribution in [0.5, 0.6) is 5.75 Å². The van der Waals surface area contributed by atoms with Crippen LogP contribution in [0.1, 0.15) is 43.3 Å². The summed E-state index contributed by atoms with van der Waals surface area (Å²) >= 11 is 1.15. The average Bonchev–Trinajstić information content (AvgIpc) is 2.92. The Labute approximate surface area is 140 Å². The first-order chi connectivity index (χ1) is 10.8. The fraction of sp³-hybridized carbons (Fsp3) is 0.625. The van der Waals surface area contributed by atoms with Gasteiger partial charge in [0.25, 0.3) is 0 Å². The van der Waals surface area contributed by atoms with Gasteiger partial charge in [-0.15, -0.1) is 11.3 Å². The Bertz CT molecular complexity index is 563. The van der Waals surface area contributed by atoms with E-state index in [-0.39, 0.29) is 16.9 Å². The minimum atomic E-state index is -0.978. The van der Waals surface area contributed by atoms with E-state index in [4.69, 9.17) is 14.6 Å². The zero-order valence-electron chi connectivity index (χ0n) is 13.7. The van der Waals surface area contributed by atoms with Crippen molar-refractivity contribution in [2.24, 2.45) is 5.92 Å². The van der Waals surface area contributed by atoms with Crippen molar-refractivity contribution < 1.29 is 24.2 Å². The molecule has 0 aromatic carbocycles. The fourth-order valence-electron chi connectivity index (χ4n) is 2.47. The van der Waals surface area contributed by atoms with E-state index in [1.807, 2.05) is 20.8 Å². The Morgan fingerprint density at radius 2 is 2.17 bits per heavy atom. The molecule has 0 spiro atoms. The predicted octanol–water partition coefficient (Wildman–Crippen LogP) is 3.47. The molecule has 0 radical (unpaired) electrons. The molecule has 23 heavy (non-hydrogen) atoms. The molecule has 1 fully saturated rings. The lowest BCUT2D eigenvalue weighted by Crippen LogP contribution is -2.44. The Hall–Kier alpha value is -1.76. The van der Waals surface area contributed by atoms with Crippen molar-refractivity contribution in [1.82, 2.24) is 4.90 Å². The maximum Gasteiger partial charge on any atom is 0.410 e. The minimum Gasteiger partial charge on any atom is -0.491 e. The van der Waals surface area contributed by atoms with Crippen molar-refractivity contribution in [2.45, 2.75) is 39.2 Å². The number of hydrogen-bond donors (Lipinski definition) is 1. The normalized spacial score (nSPS) is 18.6. The molecule has 2 rings (SSSR count). The molecule has 1 amide bonds. The fourth-order valence-corrected chi connectivity index (χ4v) is 3.14. The summed E-state index contributed by atoms with van der Waals surface area (Å²) in [6, 6.07) is 1.67. The van der Waals surface area contributed by atoms with Gasteiger partial charge >= 0.3 is 12.1 Å². The number of carboxylic acid groups (broad SMARTS) is 1. The number of hydrogen-bond acceptors (Lipinski definition) is 5. The van der Waals surface area contributed by atoms with E-state index in [1.54, 1.807) is 16.3 Å². The zero-order chi connectivity index (χ0) is 17.0. The largest absolute Gasteiger partial charge is 0.491 e. The van der Waals surface area contributed by atoms with Crippen LogP contribution < -0.4 is 4.74 Å². The maximum atomic E-state index is 12.1. The van der Waals surface area contributed by atoms with Crippen LogP contribution in [0.4, 0.5) is 4.79 Å². The lowest BCUT2D eigenvalue weighted by atomic mass is 9.99. The average molecular weight is 341 g/mol. The number of carbonyl (C=O) groups excluding carboxylic acids is 1. The van der Waals surface area contributed by atoms with Gasteiger partial charge in [0.1, 0.15) is 11.4 Å². The molecule has 0 saturated carbocycles. The molecule has 1 aromatic heterocycles. The van der Waals surface area contributed by atoms with E-state index in [2.05, 4.69) is 0 Å². The third-order valence-electron chi connectivity index (χ3n) is 3.47. The maximum absolute atomic E-state index is 12.1. The third kappa shape index (κ3) is 5.13. The van der Waals surface area contributed by atoms with Crippen LogP contribution in [-0.2, 0) is 4.74 Å². The summed E-state index contributed by atoms with van der Waals surface area (Å²) in [5.74, 6) is -0.399. The summed E-state index contributed by atoms with van der Waals surface area (Å²) in [6.45, 7) is 7.19. The Balaban J connectivity index is 1.88. The molecule has 7 heteroatoms. The van der Waals surface area contributed by atoms with Gasteiger partial charge in [0, 0.05) is 19.0 Å². The molecule has 2 heterocycles. The number of nitrogens with zero attached hydrogens (tertiary/aromatic N) is 1. The topological polar surface area (TPSA) is 76.1 Å². The molecule has 1 atom stereocenters. The number of likely N-dealkylation sites (tertiary alicyclic amines) is 1. The first-order valence-corrected chi connectivity index (χ1v) is 8.56. The zero-order valence-corrected chi connectivity index (χ0v) is 14.5. The van der Waals surface area contributed by atoms with Crippen molar-refractivity contribution in [3.05, 3.63) is 16.3 Å². The molecule has 1 saturated heterocycles. The van der Waals surface area contributed by atoms with E-state index < -0.39 is 11.6 Å². The van der Waals surface area contributed by atoms with Crippen molar-refractivity contribution in [2.75, 3.05) is 19.7 Å². The van der Waals surface area contributed by atoms with Gasteiger partial charge in [0.05, 0.1) is 6.61 Å². The number of rotatable bonds is 4. The number of carbonyl (C=O) groups is 2. The number of thiophene rings is 1. The molecular formula is C16H23NO5S. The number of piperidine rings is 1. The standard InChI is InChI=1S/C16H23NO5S/c1-16(2,3)22-15(20)17-7-4-5-11(9-17)10-21-12-6-8-23-13(12)14(18)19/h6,8,11H,4-5,7,9-10H2,1-3H3,(H,18,19). The molecule has 0 aliphatic carbocycles. The van der Waals surface area contributed by atoms with E-state index in [9.17, 15) is 9.59 Å². The molecule has 1 aliphatic heterocycles. The summed E-state index contributed by atoms with van der Waals surface area (Å²) in [5.41, 5.74) is -0.506. The van der Waals surface area contributed by atoms with Crippen molar-refractivity contribution in [3.63, 3.8) is 0 Å². The van der Waals surface area contributed by atoms with Gasteiger partial charge in [-0.1, -0.05) is 0 Å². The monoisotopic (exact) mass is 341 g/mol. The van der Waals surface area contributed by atoms with Crippen molar-refractivity contribution in [1.29, 1.82) is 0 Å². The Morgan fingerprint density at radius 1 is 1.43 bits per heavy atom. The lowest BCUT2D eigenvalue weighted by molar-refractivity contribution is 0.0139. The minimum absolute atomic E-state index is 0.179. The highest BCUT2D eigenvalue weighted by Gasteiger charge is 2.28. The third-order valence-corrected chi connectivity index (χ3v) is 4.35. The Morgan fingerprint density at radius 3 is 2.83 bits per heavy atom. The SMILES string of the molecule is CC(C)(C)OC(=O)N1CCCC(COc2ccsc2C(=O)O)C1. The lowest BCUT2D eigenvalue weighted by Gasteiger charge is -2.34. The smallest absolute Gasteiger partial charge is 0.410 e. The van der Waals surface area contributed by atoms with Gasteiger partial charge in [0.15, 0.2) is 4.88 Å². The second kappa shape index (κ2) is 7.21. The van der Waals surface area contributed by atoms with Gasteiger partial charge in [-0.25, -0.2) is 9.59 Å². The van der Waals surface area contributed by atoms with Crippen LogP contribution in [-0.4, -0.2) is 47.4 Å². The van der Waals surface area contributed by atoms with Crippen molar-refractivity contribution >= 4 is 23.4 Å². The second-order valence-corrected chi connectivity index (χ2v) is 7.58. The summed E-state index contributed by atoms with van der Waals surface area (Å²) < 4.78 is 11.1. The van der Waals surface area contributed by atoms with Crippen LogP contribution in [0.3, 0.4) is 0 Å². The summed E-state index contributed by atoms with van der Waals surface area (Å²) in [5, 5.41) is 10.8. The summed E-state index contributed by atoms with van der Waals surface area (Å²) in [7, 11) is 0. The van der Waals surface area contributed by atoms with Crippen LogP contribution in [0.15, 0.2) is 11.4 Å². The van der Waals surface area contributed by atoms with Gasteiger partial charge in [0.2, 0.25) is 0 Å². The van der Waals surface area contributed by atoms with Crippen LogP contribution in [0, 0.1) is 5.92 Å². The van der Waals surface area contributed by atoms with Crippen LogP contribution in [0.25, 0.3) is 0 Å². The highest BCUT2D eigenvalue weighted by atomic mass is 32.1. The number of ether oxygens (including phenoxy) is 2. The molecule has 6 nitrogen and oxygen atoms in total. The van der Waals surface area contributed by atoms with Crippen LogP contribution >= 0.6 is 11.3 Å². The molecule has 1 aromatic rings. The molecule has 1 unspecified atom stereocenters. The second-order valence-electron chi connectivity index (χ2n) is 6.66. The van der Waals surface area contributed by atoms with E-state index >= 15 is 0 Å². The van der Waals surface area contributed by atoms with E-state index in [0.717, 1.165) is 24.2 Å². The Kier molecular flexibility index (Phi) is 5.51. The molecule has 0 bridgehead atoms. The number of aromatic carboxylic acids is 1. The summed E-state index contributed by atoms with van der Waals surface area (Å²) in [4.78, 5) is 25.1. The predicted molar refractivity (Wildman–Crippen MR) is 87.3 cm³/mol. The quantitative estimate of drug-likeness (QED) is 0.907. The van der Waals surface area contributed by atoms with Crippen LogP contribution in [0.2, 0.25) is 0 Å². The van der Waals surface area contributed by atoms with E-state index in [1.165, 1.54) is 0 Å². The summed E-state index contributed by atoms with van der Waals surface area (Å²) in [6.07, 6.45) is 1.54. The molecular weight excluding hydrogens is 318 g/mol. The highest BCUT2D eigenvalue weighted by Crippen LogP contribution is 2.26. The van der Waals surface area contributed by atoms with Gasteiger partial charge in [-0.3, -0.25) is 0 Å². The van der Waals surface area contributed by atoms with Gasteiger partial charge in [-0.05, 0) is 45.1 Å². The molecule has 128 valence electrons. The first-order valence-electron chi connectivity index (χ1n) is 7.68. The van der Waals surface area contributed by atoms with E-state index in [0.29, 0.717) is 25.4 Å². The first kappa shape index (κ1) is 17.6. The molecule has 1 aliphatic rings. The highest BCUT2D eigenvalue weighted by molar-refractivity contribution is 7.12. The molecule has 1 N–H and O–H groups in total. The van der Waals surface area contributed by atoms with Gasteiger partial charge < -0.3 is 19.5 Å². The number of amides is 1. The van der Waals surface area contributed by atoms with Crippen molar-refractivity contribution in [3.8, 4) is 5.75 Å².